The maximum atomic E-state index is 4.71. The Morgan fingerprint density at radius 3 is 2.00 bits per heavy atom. The van der Waals surface area contributed by atoms with Crippen LogP contribution in [0.2, 0.25) is 0 Å². The Bertz CT molecular complexity index is 2150. The van der Waals surface area contributed by atoms with Crippen LogP contribution in [0.25, 0.3) is 43.9 Å². The molecule has 0 radical (unpaired) electrons. The summed E-state index contributed by atoms with van der Waals surface area (Å²) in [6.07, 6.45) is 9.43. The first kappa shape index (κ1) is 28.9. The van der Waals surface area contributed by atoms with Crippen molar-refractivity contribution < 1.29 is 0 Å². The lowest BCUT2D eigenvalue weighted by Crippen LogP contribution is -2.41. The van der Waals surface area contributed by atoms with E-state index in [1.807, 2.05) is 24.5 Å². The molecule has 3 unspecified atom stereocenters. The second-order valence-corrected chi connectivity index (χ2v) is 15.0. The number of nitrogens with zero attached hydrogens (tertiary/aromatic N) is 2. The number of hydrogen-bond acceptors (Lipinski definition) is 2. The Balaban J connectivity index is 1.33. The Morgan fingerprint density at radius 1 is 0.717 bits per heavy atom. The van der Waals surface area contributed by atoms with Gasteiger partial charge in [-0.3, -0.25) is 9.97 Å². The molecular formula is C44H42N2. The van der Waals surface area contributed by atoms with Gasteiger partial charge < -0.3 is 0 Å². The lowest BCUT2D eigenvalue weighted by molar-refractivity contribution is 0.210. The molecule has 0 saturated carbocycles. The van der Waals surface area contributed by atoms with E-state index < -0.39 is 0 Å². The standard InChI is InChI=1S/C44H42N2/c1-28-24-31(40-11-7-9-23-46-40)17-20-37(28)44(5)27-36(29-12-14-30(15-13-29)39-10-6-8-22-45-39)35-19-16-32-25-34(43(2,3)4)26-33-18-21-38(44)42(35)41(32)33/h6-19,21-23,25-26,28,37H,20,24,27H2,1-5H3. The molecule has 46 heavy (non-hydrogen) atoms. The van der Waals surface area contributed by atoms with E-state index in [4.69, 9.17) is 4.98 Å². The predicted molar refractivity (Wildman–Crippen MR) is 194 cm³/mol. The van der Waals surface area contributed by atoms with Crippen LogP contribution in [-0.2, 0) is 10.8 Å². The normalized spacial score (nSPS) is 21.5. The molecule has 2 heteroatoms. The number of pyridine rings is 2. The Morgan fingerprint density at radius 2 is 1.37 bits per heavy atom. The number of hydrogen-bond donors (Lipinski definition) is 0. The average molecular weight is 599 g/mol. The smallest absolute Gasteiger partial charge is 0.0701 e. The fraction of sp³-hybridized carbons (Fsp3) is 0.273. The molecule has 6 aromatic rings. The van der Waals surface area contributed by atoms with Gasteiger partial charge in [-0.1, -0.05) is 113 Å². The quantitative estimate of drug-likeness (QED) is 0.202. The summed E-state index contributed by atoms with van der Waals surface area (Å²) in [4.78, 5) is 9.31. The lowest BCUT2D eigenvalue weighted by Gasteiger charge is -2.46. The van der Waals surface area contributed by atoms with E-state index in [-0.39, 0.29) is 10.8 Å². The Labute approximate surface area is 272 Å². The van der Waals surface area contributed by atoms with Gasteiger partial charge in [0.25, 0.3) is 0 Å². The molecule has 2 nitrogen and oxygen atoms in total. The molecule has 0 fully saturated rings. The van der Waals surface area contributed by atoms with Gasteiger partial charge in [-0.05, 0) is 115 Å². The van der Waals surface area contributed by atoms with Gasteiger partial charge in [-0.15, -0.1) is 0 Å². The Kier molecular flexibility index (Phi) is 6.76. The van der Waals surface area contributed by atoms with E-state index in [2.05, 4.69) is 131 Å². The molecule has 228 valence electrons. The topological polar surface area (TPSA) is 25.8 Å². The summed E-state index contributed by atoms with van der Waals surface area (Å²) >= 11 is 0. The van der Waals surface area contributed by atoms with Crippen molar-refractivity contribution in [2.75, 3.05) is 0 Å². The highest BCUT2D eigenvalue weighted by Gasteiger charge is 2.44. The van der Waals surface area contributed by atoms with Crippen LogP contribution in [0.4, 0.5) is 0 Å². The molecule has 3 atom stereocenters. The van der Waals surface area contributed by atoms with Gasteiger partial charge in [0.1, 0.15) is 0 Å². The van der Waals surface area contributed by atoms with Gasteiger partial charge in [0.2, 0.25) is 0 Å². The van der Waals surface area contributed by atoms with Gasteiger partial charge in [0.05, 0.1) is 11.4 Å². The fourth-order valence-corrected chi connectivity index (χ4v) is 8.57. The van der Waals surface area contributed by atoms with Crippen LogP contribution in [0, 0.1) is 11.8 Å². The SMILES string of the molecule is CC1CC(c2ccccn2)=CCC1C1(C)CC(c2ccc(-c3ccccn3)cc2)=c2ccc3cc(C(C)(C)C)cc4ccc1c2c43. The molecule has 4 aromatic carbocycles. The highest BCUT2D eigenvalue weighted by Crippen LogP contribution is 2.52. The van der Waals surface area contributed by atoms with Crippen molar-refractivity contribution in [2.24, 2.45) is 11.8 Å². The molecule has 2 aliphatic carbocycles. The third-order valence-electron chi connectivity index (χ3n) is 11.1. The molecule has 0 saturated heterocycles. The zero-order valence-electron chi connectivity index (χ0n) is 27.6. The van der Waals surface area contributed by atoms with Crippen molar-refractivity contribution in [3.05, 3.63) is 143 Å². The second kappa shape index (κ2) is 10.8. The summed E-state index contributed by atoms with van der Waals surface area (Å²) in [5.41, 5.74) is 10.5. The molecule has 0 N–H and O–H groups in total. The van der Waals surface area contributed by atoms with Crippen LogP contribution >= 0.6 is 0 Å². The summed E-state index contributed by atoms with van der Waals surface area (Å²) < 4.78 is 0. The summed E-state index contributed by atoms with van der Waals surface area (Å²) in [5.74, 6) is 1.05. The molecule has 0 spiro atoms. The van der Waals surface area contributed by atoms with Crippen LogP contribution in [0.3, 0.4) is 0 Å². The monoisotopic (exact) mass is 598 g/mol. The van der Waals surface area contributed by atoms with Gasteiger partial charge in [-0.25, -0.2) is 0 Å². The van der Waals surface area contributed by atoms with Gasteiger partial charge >= 0.3 is 0 Å². The van der Waals surface area contributed by atoms with Crippen LogP contribution in [0.1, 0.15) is 76.3 Å². The highest BCUT2D eigenvalue weighted by molar-refractivity contribution is 6.13. The van der Waals surface area contributed by atoms with Crippen LogP contribution < -0.4 is 5.22 Å². The molecule has 0 bridgehead atoms. The summed E-state index contributed by atoms with van der Waals surface area (Å²) in [6, 6.07) is 36.1. The maximum Gasteiger partial charge on any atom is 0.0701 e. The summed E-state index contributed by atoms with van der Waals surface area (Å²) in [5, 5.41) is 6.98. The van der Waals surface area contributed by atoms with Crippen LogP contribution in [0.15, 0.2) is 116 Å². The van der Waals surface area contributed by atoms with Crippen molar-refractivity contribution in [3.63, 3.8) is 0 Å². The minimum absolute atomic E-state index is 0.0152. The van der Waals surface area contributed by atoms with E-state index in [0.29, 0.717) is 11.8 Å². The molecule has 2 heterocycles. The molecule has 2 aliphatic rings. The van der Waals surface area contributed by atoms with E-state index >= 15 is 0 Å². The van der Waals surface area contributed by atoms with Crippen LogP contribution in [0.5, 0.6) is 0 Å². The van der Waals surface area contributed by atoms with E-state index in [0.717, 1.165) is 36.2 Å². The lowest BCUT2D eigenvalue weighted by atomic mass is 9.57. The first-order valence-electron chi connectivity index (χ1n) is 16.9. The summed E-state index contributed by atoms with van der Waals surface area (Å²) in [6.45, 7) is 12.0. The van der Waals surface area contributed by atoms with Crippen molar-refractivity contribution in [1.82, 2.24) is 9.97 Å². The highest BCUT2D eigenvalue weighted by atomic mass is 14.7. The molecule has 0 amide bonds. The largest absolute Gasteiger partial charge is 0.257 e. The third kappa shape index (κ3) is 4.69. The van der Waals surface area contributed by atoms with Gasteiger partial charge in [0, 0.05) is 23.4 Å². The minimum Gasteiger partial charge on any atom is -0.257 e. The van der Waals surface area contributed by atoms with Crippen molar-refractivity contribution in [3.8, 4) is 11.3 Å². The van der Waals surface area contributed by atoms with E-state index in [1.54, 1.807) is 0 Å². The maximum absolute atomic E-state index is 4.71. The third-order valence-corrected chi connectivity index (χ3v) is 11.1. The molecular weight excluding hydrogens is 556 g/mol. The number of rotatable bonds is 4. The first-order chi connectivity index (χ1) is 22.2. The summed E-state index contributed by atoms with van der Waals surface area (Å²) in [7, 11) is 0. The van der Waals surface area contributed by atoms with Crippen LogP contribution in [-0.4, -0.2) is 9.97 Å². The minimum atomic E-state index is -0.0152. The number of benzene rings is 4. The zero-order chi connectivity index (χ0) is 31.6. The molecule has 8 rings (SSSR count). The second-order valence-electron chi connectivity index (χ2n) is 15.0. The molecule has 0 aliphatic heterocycles. The van der Waals surface area contributed by atoms with E-state index in [1.165, 1.54) is 54.6 Å². The van der Waals surface area contributed by atoms with Crippen molar-refractivity contribution in [2.45, 2.75) is 64.7 Å². The van der Waals surface area contributed by atoms with E-state index in [9.17, 15) is 0 Å². The van der Waals surface area contributed by atoms with Gasteiger partial charge in [0.15, 0.2) is 0 Å². The van der Waals surface area contributed by atoms with Gasteiger partial charge in [-0.2, -0.15) is 0 Å². The van der Waals surface area contributed by atoms with Crippen molar-refractivity contribution >= 4 is 32.7 Å². The fourth-order valence-electron chi connectivity index (χ4n) is 8.57. The Hall–Kier alpha value is -4.56. The van der Waals surface area contributed by atoms with Crippen molar-refractivity contribution in [1.29, 1.82) is 0 Å². The number of aromatic nitrogens is 2. The first-order valence-corrected chi connectivity index (χ1v) is 16.9. The molecule has 2 aromatic heterocycles. The number of allylic oxidation sites excluding steroid dienone is 2. The zero-order valence-corrected chi connectivity index (χ0v) is 27.6. The average Bonchev–Trinajstić information content (AvgIpc) is 3.08. The predicted octanol–water partition coefficient (Wildman–Crippen LogP) is 10.5.